The second kappa shape index (κ2) is 7.14. The molecule has 0 aliphatic rings. The van der Waals surface area contributed by atoms with E-state index in [-0.39, 0.29) is 0 Å². The van der Waals surface area contributed by atoms with Crippen LogP contribution < -0.4 is 9.47 Å². The molecular formula is C20H16O2. The maximum atomic E-state index is 5.51. The van der Waals surface area contributed by atoms with Crippen LogP contribution in [0.15, 0.2) is 97.5 Å². The van der Waals surface area contributed by atoms with Gasteiger partial charge in [-0.05, 0) is 35.4 Å². The summed E-state index contributed by atoms with van der Waals surface area (Å²) in [4.78, 5) is 0. The zero-order valence-corrected chi connectivity index (χ0v) is 12.1. The summed E-state index contributed by atoms with van der Waals surface area (Å²) >= 11 is 0. The van der Waals surface area contributed by atoms with Crippen LogP contribution in [0.5, 0.6) is 11.5 Å². The summed E-state index contributed by atoms with van der Waals surface area (Å²) in [6.07, 6.45) is 3.06. The zero-order chi connectivity index (χ0) is 15.0. The average molecular weight is 288 g/mol. The maximum absolute atomic E-state index is 5.51. The summed E-state index contributed by atoms with van der Waals surface area (Å²) in [6, 6.07) is 27.8. The van der Waals surface area contributed by atoms with E-state index in [0.29, 0.717) is 0 Å². The molecule has 0 aliphatic heterocycles. The topological polar surface area (TPSA) is 18.5 Å². The highest BCUT2D eigenvalue weighted by Crippen LogP contribution is 2.22. The van der Waals surface area contributed by atoms with Gasteiger partial charge in [0.05, 0.1) is 0 Å². The molecule has 2 heteroatoms. The van der Waals surface area contributed by atoms with E-state index in [9.17, 15) is 0 Å². The smallest absolute Gasteiger partial charge is 0.126 e. The Morgan fingerprint density at radius 1 is 0.455 bits per heavy atom. The summed E-state index contributed by atoms with van der Waals surface area (Å²) < 4.78 is 10.9. The van der Waals surface area contributed by atoms with Gasteiger partial charge in [-0.2, -0.15) is 0 Å². The monoisotopic (exact) mass is 288 g/mol. The number of hydrogen-bond donors (Lipinski definition) is 0. The quantitative estimate of drug-likeness (QED) is 0.594. The predicted octanol–water partition coefficient (Wildman–Crippen LogP) is 5.28. The molecule has 0 aromatic heterocycles. The largest absolute Gasteiger partial charge is 0.462 e. The van der Waals surface area contributed by atoms with Crippen molar-refractivity contribution >= 4 is 0 Å². The van der Waals surface area contributed by atoms with Crippen LogP contribution in [-0.4, -0.2) is 0 Å². The Morgan fingerprint density at radius 3 is 1.50 bits per heavy atom. The minimum atomic E-state index is 0.771. The van der Waals surface area contributed by atoms with Gasteiger partial charge in [0.1, 0.15) is 24.0 Å². The Hall–Kier alpha value is -3.00. The molecule has 0 amide bonds. The van der Waals surface area contributed by atoms with Gasteiger partial charge in [0.25, 0.3) is 0 Å². The highest BCUT2D eigenvalue weighted by Gasteiger charge is 1.97. The lowest BCUT2D eigenvalue weighted by Gasteiger charge is -2.04. The van der Waals surface area contributed by atoms with Crippen LogP contribution in [0.2, 0.25) is 0 Å². The van der Waals surface area contributed by atoms with Crippen LogP contribution in [0.1, 0.15) is 0 Å². The molecule has 0 atom stereocenters. The van der Waals surface area contributed by atoms with Gasteiger partial charge in [0.15, 0.2) is 0 Å². The van der Waals surface area contributed by atoms with Crippen molar-refractivity contribution in [1.82, 2.24) is 0 Å². The molecule has 3 aromatic rings. The van der Waals surface area contributed by atoms with Crippen LogP contribution in [0.4, 0.5) is 0 Å². The molecule has 3 rings (SSSR count). The number of benzene rings is 3. The van der Waals surface area contributed by atoms with Crippen LogP contribution in [-0.2, 0) is 0 Å². The van der Waals surface area contributed by atoms with Crippen LogP contribution in [0, 0.1) is 0 Å². The molecule has 0 fully saturated rings. The molecule has 0 unspecified atom stereocenters. The molecule has 0 radical (unpaired) electrons. The third-order valence-corrected chi connectivity index (χ3v) is 3.17. The fourth-order valence-electron chi connectivity index (χ4n) is 2.07. The van der Waals surface area contributed by atoms with Gasteiger partial charge < -0.3 is 9.47 Å². The Morgan fingerprint density at radius 2 is 0.909 bits per heavy atom. The van der Waals surface area contributed by atoms with E-state index in [0.717, 1.165) is 17.1 Å². The first kappa shape index (κ1) is 14.0. The highest BCUT2D eigenvalue weighted by molar-refractivity contribution is 5.63. The number of para-hydroxylation sites is 1. The van der Waals surface area contributed by atoms with Gasteiger partial charge >= 0.3 is 0 Å². The average Bonchev–Trinajstić information content (AvgIpc) is 2.61. The van der Waals surface area contributed by atoms with Gasteiger partial charge in [-0.3, -0.25) is 0 Å². The number of rotatable bonds is 5. The molecule has 0 saturated heterocycles. The van der Waals surface area contributed by atoms with Crippen LogP contribution >= 0.6 is 0 Å². The molecule has 108 valence electrons. The summed E-state index contributed by atoms with van der Waals surface area (Å²) in [7, 11) is 0. The summed E-state index contributed by atoms with van der Waals surface area (Å²) in [5.74, 6) is 1.55. The standard InChI is InChI=1S/C20H16O2/c1-3-7-17(8-4-1)18-11-13-20(14-12-18)22-16-15-21-19-9-5-2-6-10-19/h1-16H. The molecule has 22 heavy (non-hydrogen) atoms. The molecule has 0 spiro atoms. The van der Waals surface area contributed by atoms with Crippen molar-refractivity contribution in [3.05, 3.63) is 97.5 Å². The summed E-state index contributed by atoms with van der Waals surface area (Å²) in [5, 5.41) is 0. The van der Waals surface area contributed by atoms with Crippen molar-refractivity contribution in [3.8, 4) is 22.6 Å². The van der Waals surface area contributed by atoms with Crippen molar-refractivity contribution < 1.29 is 9.47 Å². The van der Waals surface area contributed by atoms with Crippen LogP contribution in [0.25, 0.3) is 11.1 Å². The Labute approximate surface area is 130 Å². The van der Waals surface area contributed by atoms with E-state index in [1.165, 1.54) is 18.1 Å². The van der Waals surface area contributed by atoms with Crippen molar-refractivity contribution in [3.63, 3.8) is 0 Å². The van der Waals surface area contributed by atoms with Gasteiger partial charge in [-0.15, -0.1) is 0 Å². The lowest BCUT2D eigenvalue weighted by Crippen LogP contribution is -1.86. The fraction of sp³-hybridized carbons (Fsp3) is 0. The molecule has 0 heterocycles. The lowest BCUT2D eigenvalue weighted by molar-refractivity contribution is 0.422. The van der Waals surface area contributed by atoms with E-state index >= 15 is 0 Å². The molecule has 0 saturated carbocycles. The molecule has 3 aromatic carbocycles. The van der Waals surface area contributed by atoms with Crippen molar-refractivity contribution in [2.75, 3.05) is 0 Å². The van der Waals surface area contributed by atoms with Gasteiger partial charge in [-0.25, -0.2) is 0 Å². The Balaban J connectivity index is 1.57. The van der Waals surface area contributed by atoms with Crippen LogP contribution in [0.3, 0.4) is 0 Å². The van der Waals surface area contributed by atoms with E-state index in [1.54, 1.807) is 0 Å². The zero-order valence-electron chi connectivity index (χ0n) is 12.1. The summed E-state index contributed by atoms with van der Waals surface area (Å²) in [5.41, 5.74) is 2.36. The van der Waals surface area contributed by atoms with Gasteiger partial charge in [-0.1, -0.05) is 60.7 Å². The molecule has 2 nitrogen and oxygen atoms in total. The molecule has 0 bridgehead atoms. The number of hydrogen-bond acceptors (Lipinski definition) is 2. The highest BCUT2D eigenvalue weighted by atomic mass is 16.5. The Kier molecular flexibility index (Phi) is 4.53. The predicted molar refractivity (Wildman–Crippen MR) is 88.7 cm³/mol. The minimum absolute atomic E-state index is 0.771. The first-order valence-electron chi connectivity index (χ1n) is 7.11. The Bertz CT molecular complexity index is 717. The minimum Gasteiger partial charge on any atom is -0.462 e. The van der Waals surface area contributed by atoms with E-state index in [4.69, 9.17) is 9.47 Å². The first-order chi connectivity index (χ1) is 10.9. The fourth-order valence-corrected chi connectivity index (χ4v) is 2.07. The second-order valence-electron chi connectivity index (χ2n) is 4.71. The summed E-state index contributed by atoms with van der Waals surface area (Å²) in [6.45, 7) is 0. The SMILES string of the molecule is C(=COc1ccc(-c2ccccc2)cc1)Oc1ccccc1. The van der Waals surface area contributed by atoms with E-state index in [2.05, 4.69) is 12.1 Å². The second-order valence-corrected chi connectivity index (χ2v) is 4.71. The first-order valence-corrected chi connectivity index (χ1v) is 7.11. The third-order valence-electron chi connectivity index (χ3n) is 3.17. The van der Waals surface area contributed by atoms with E-state index in [1.807, 2.05) is 72.8 Å². The molecule has 0 aliphatic carbocycles. The van der Waals surface area contributed by atoms with Crippen molar-refractivity contribution in [2.45, 2.75) is 0 Å². The van der Waals surface area contributed by atoms with Crippen molar-refractivity contribution in [2.24, 2.45) is 0 Å². The molecular weight excluding hydrogens is 272 g/mol. The molecule has 0 N–H and O–H groups in total. The van der Waals surface area contributed by atoms with Crippen molar-refractivity contribution in [1.29, 1.82) is 0 Å². The van der Waals surface area contributed by atoms with Gasteiger partial charge in [0, 0.05) is 0 Å². The third kappa shape index (κ3) is 3.76. The van der Waals surface area contributed by atoms with Gasteiger partial charge in [0.2, 0.25) is 0 Å². The normalized spacial score (nSPS) is 10.5. The lowest BCUT2D eigenvalue weighted by atomic mass is 10.1. The van der Waals surface area contributed by atoms with E-state index < -0.39 is 0 Å². The number of ether oxygens (including phenoxy) is 2. The maximum Gasteiger partial charge on any atom is 0.126 e.